The topological polar surface area (TPSA) is 54.9 Å². The van der Waals surface area contributed by atoms with Crippen LogP contribution in [0.5, 0.6) is 0 Å². The van der Waals surface area contributed by atoms with Crippen LogP contribution in [-0.2, 0) is 9.47 Å². The highest BCUT2D eigenvalue weighted by Crippen LogP contribution is 2.36. The van der Waals surface area contributed by atoms with E-state index in [0.29, 0.717) is 13.2 Å². The van der Waals surface area contributed by atoms with Gasteiger partial charge in [0.15, 0.2) is 11.7 Å². The number of hydrogen-bond donors (Lipinski definition) is 2. The van der Waals surface area contributed by atoms with Gasteiger partial charge in [-0.1, -0.05) is 12.8 Å². The molecule has 2 fully saturated rings. The first-order chi connectivity index (χ1) is 9.78. The van der Waals surface area contributed by atoms with Crippen molar-refractivity contribution in [3.8, 4) is 0 Å². The normalized spacial score (nSPS) is 25.2. The Labute approximate surface area is 122 Å². The molecule has 2 rings (SSSR count). The largest absolute Gasteiger partial charge is 0.357 e. The lowest BCUT2D eigenvalue weighted by molar-refractivity contribution is -0.174. The highest BCUT2D eigenvalue weighted by atomic mass is 16.7. The molecule has 1 atom stereocenters. The Morgan fingerprint density at radius 2 is 1.75 bits per heavy atom. The number of guanidine groups is 1. The van der Waals surface area contributed by atoms with Crippen molar-refractivity contribution in [2.45, 2.75) is 64.3 Å². The monoisotopic (exact) mass is 283 g/mol. The average Bonchev–Trinajstić information content (AvgIpc) is 2.69. The number of hydrogen-bond acceptors (Lipinski definition) is 3. The minimum Gasteiger partial charge on any atom is -0.357 e. The fourth-order valence-corrected chi connectivity index (χ4v) is 2.94. The van der Waals surface area contributed by atoms with Gasteiger partial charge in [-0.25, -0.2) is 0 Å². The fourth-order valence-electron chi connectivity index (χ4n) is 2.94. The van der Waals surface area contributed by atoms with E-state index < -0.39 is 0 Å². The van der Waals surface area contributed by atoms with Crippen LogP contribution >= 0.6 is 0 Å². The lowest BCUT2D eigenvalue weighted by Crippen LogP contribution is -2.38. The van der Waals surface area contributed by atoms with E-state index in [4.69, 9.17) is 9.47 Å². The molecule has 0 bridgehead atoms. The predicted octanol–water partition coefficient (Wildman–Crippen LogP) is 2.03. The summed E-state index contributed by atoms with van der Waals surface area (Å²) in [6.07, 6.45) is 7.23. The van der Waals surface area contributed by atoms with Crippen molar-refractivity contribution in [3.63, 3.8) is 0 Å². The Hall–Kier alpha value is -0.810. The summed E-state index contributed by atoms with van der Waals surface area (Å²) in [6, 6.07) is 0. The quantitative estimate of drug-likeness (QED) is 0.612. The number of ether oxygens (including phenoxy) is 2. The van der Waals surface area contributed by atoms with Crippen LogP contribution in [0.3, 0.4) is 0 Å². The third kappa shape index (κ3) is 4.35. The van der Waals surface area contributed by atoms with Crippen molar-refractivity contribution in [2.24, 2.45) is 4.99 Å². The maximum absolute atomic E-state index is 6.19. The maximum atomic E-state index is 6.19. The van der Waals surface area contributed by atoms with Crippen LogP contribution in [0.4, 0.5) is 0 Å². The lowest BCUT2D eigenvalue weighted by Gasteiger charge is -2.26. The fraction of sp³-hybridized carbons (Fsp3) is 0.933. The Morgan fingerprint density at radius 1 is 1.10 bits per heavy atom. The van der Waals surface area contributed by atoms with Gasteiger partial charge in [-0.3, -0.25) is 4.99 Å². The molecule has 1 unspecified atom stereocenters. The molecule has 1 aliphatic carbocycles. The molecule has 1 heterocycles. The van der Waals surface area contributed by atoms with Gasteiger partial charge in [-0.2, -0.15) is 0 Å². The van der Waals surface area contributed by atoms with E-state index in [1.807, 2.05) is 0 Å². The van der Waals surface area contributed by atoms with Crippen molar-refractivity contribution < 1.29 is 9.47 Å². The van der Waals surface area contributed by atoms with Crippen LogP contribution in [0, 0.1) is 0 Å². The second kappa shape index (κ2) is 7.84. The molecule has 2 aliphatic rings. The van der Waals surface area contributed by atoms with Gasteiger partial charge in [-0.15, -0.1) is 0 Å². The highest BCUT2D eigenvalue weighted by Gasteiger charge is 2.41. The minimum absolute atomic E-state index is 0.0976. The molecule has 0 amide bonds. The zero-order valence-corrected chi connectivity index (χ0v) is 12.9. The maximum Gasteiger partial charge on any atom is 0.191 e. The molecule has 1 saturated carbocycles. The minimum atomic E-state index is -0.298. The highest BCUT2D eigenvalue weighted by molar-refractivity contribution is 5.79. The first-order valence-electron chi connectivity index (χ1n) is 8.12. The molecular formula is C15H29N3O2. The second-order valence-electron chi connectivity index (χ2n) is 5.63. The van der Waals surface area contributed by atoms with Gasteiger partial charge in [0.25, 0.3) is 0 Å². The summed E-state index contributed by atoms with van der Waals surface area (Å²) in [7, 11) is 0. The summed E-state index contributed by atoms with van der Waals surface area (Å²) in [5, 5.41) is 6.46. The molecule has 20 heavy (non-hydrogen) atoms. The van der Waals surface area contributed by atoms with Crippen molar-refractivity contribution >= 4 is 5.96 Å². The third-order valence-electron chi connectivity index (χ3n) is 3.92. The summed E-state index contributed by atoms with van der Waals surface area (Å²) in [5.41, 5.74) is 0. The molecule has 0 radical (unpaired) electrons. The van der Waals surface area contributed by atoms with Gasteiger partial charge >= 0.3 is 0 Å². The molecule has 1 aliphatic heterocycles. The zero-order chi connectivity index (χ0) is 14.3. The van der Waals surface area contributed by atoms with Crippen LogP contribution in [0.25, 0.3) is 0 Å². The van der Waals surface area contributed by atoms with E-state index in [2.05, 4.69) is 29.5 Å². The first-order valence-corrected chi connectivity index (χ1v) is 8.12. The SMILES string of the molecule is CCNC(=NCC1COC2(CCCCCC2)O1)NCC. The van der Waals surface area contributed by atoms with E-state index in [1.165, 1.54) is 25.7 Å². The molecule has 5 heteroatoms. The van der Waals surface area contributed by atoms with Crippen molar-refractivity contribution in [1.29, 1.82) is 0 Å². The molecule has 116 valence electrons. The van der Waals surface area contributed by atoms with E-state index >= 15 is 0 Å². The van der Waals surface area contributed by atoms with Crippen molar-refractivity contribution in [3.05, 3.63) is 0 Å². The van der Waals surface area contributed by atoms with Crippen molar-refractivity contribution in [1.82, 2.24) is 10.6 Å². The number of rotatable bonds is 4. The van der Waals surface area contributed by atoms with Gasteiger partial charge in [0, 0.05) is 25.9 Å². The zero-order valence-electron chi connectivity index (χ0n) is 12.9. The Morgan fingerprint density at radius 3 is 2.35 bits per heavy atom. The van der Waals surface area contributed by atoms with E-state index in [0.717, 1.165) is 31.9 Å². The van der Waals surface area contributed by atoms with Crippen LogP contribution in [-0.4, -0.2) is 44.1 Å². The molecule has 0 aromatic heterocycles. The third-order valence-corrected chi connectivity index (χ3v) is 3.92. The summed E-state index contributed by atoms with van der Waals surface area (Å²) in [5.74, 6) is 0.563. The number of nitrogens with zero attached hydrogens (tertiary/aromatic N) is 1. The van der Waals surface area contributed by atoms with Crippen LogP contribution in [0.2, 0.25) is 0 Å². The van der Waals surface area contributed by atoms with Gasteiger partial charge in [0.2, 0.25) is 0 Å². The van der Waals surface area contributed by atoms with Gasteiger partial charge < -0.3 is 20.1 Å². The van der Waals surface area contributed by atoms with E-state index in [1.54, 1.807) is 0 Å². The molecule has 0 aromatic rings. The van der Waals surface area contributed by atoms with Crippen LogP contribution in [0.15, 0.2) is 4.99 Å². The summed E-state index contributed by atoms with van der Waals surface area (Å²) in [4.78, 5) is 4.58. The molecule has 1 saturated heterocycles. The van der Waals surface area contributed by atoms with Crippen LogP contribution in [0.1, 0.15) is 52.4 Å². The van der Waals surface area contributed by atoms with E-state index in [9.17, 15) is 0 Å². The molecule has 5 nitrogen and oxygen atoms in total. The number of aliphatic imine (C=N–C) groups is 1. The first kappa shape index (κ1) is 15.6. The average molecular weight is 283 g/mol. The summed E-state index contributed by atoms with van der Waals surface area (Å²) in [6.45, 7) is 7.23. The van der Waals surface area contributed by atoms with Gasteiger partial charge in [0.1, 0.15) is 6.10 Å². The van der Waals surface area contributed by atoms with Crippen LogP contribution < -0.4 is 10.6 Å². The molecule has 1 spiro atoms. The summed E-state index contributed by atoms with van der Waals surface area (Å²) < 4.78 is 12.2. The van der Waals surface area contributed by atoms with E-state index in [-0.39, 0.29) is 11.9 Å². The smallest absolute Gasteiger partial charge is 0.191 e. The van der Waals surface area contributed by atoms with Gasteiger partial charge in [0.05, 0.1) is 13.2 Å². The van der Waals surface area contributed by atoms with Crippen molar-refractivity contribution in [2.75, 3.05) is 26.2 Å². The standard InChI is InChI=1S/C15H29N3O2/c1-3-16-14(17-4-2)18-11-13-12-19-15(20-13)9-7-5-6-8-10-15/h13H,3-12H2,1-2H3,(H2,16,17,18). The number of nitrogens with one attached hydrogen (secondary N) is 2. The summed E-state index contributed by atoms with van der Waals surface area (Å²) >= 11 is 0. The Balaban J connectivity index is 1.84. The molecule has 2 N–H and O–H groups in total. The van der Waals surface area contributed by atoms with Gasteiger partial charge in [-0.05, 0) is 26.7 Å². The molecular weight excluding hydrogens is 254 g/mol. The Kier molecular flexibility index (Phi) is 6.10. The lowest BCUT2D eigenvalue weighted by atomic mass is 10.1. The second-order valence-corrected chi connectivity index (χ2v) is 5.63. The predicted molar refractivity (Wildman–Crippen MR) is 80.9 cm³/mol. The Bertz CT molecular complexity index is 304. The molecule has 0 aromatic carbocycles.